The van der Waals surface area contributed by atoms with Gasteiger partial charge in [-0.25, -0.2) is 13.6 Å². The molecule has 0 spiro atoms. The summed E-state index contributed by atoms with van der Waals surface area (Å²) in [5, 5.41) is 7.88. The summed E-state index contributed by atoms with van der Waals surface area (Å²) < 4.78 is 27.9. The molecule has 2 rings (SSSR count). The summed E-state index contributed by atoms with van der Waals surface area (Å²) in [6.45, 7) is 3.37. The maximum absolute atomic E-state index is 12.0. The molecule has 1 fully saturated rings. The highest BCUT2D eigenvalue weighted by Gasteiger charge is 2.26. The highest BCUT2D eigenvalue weighted by atomic mass is 32.2. The first kappa shape index (κ1) is 15.9. The molecule has 1 heterocycles. The van der Waals surface area contributed by atoms with Crippen molar-refractivity contribution in [1.82, 2.24) is 5.32 Å². The first-order valence-electron chi connectivity index (χ1n) is 6.94. The molecule has 2 unspecified atom stereocenters. The molecular weight excluding hydrogens is 292 g/mol. The summed E-state index contributed by atoms with van der Waals surface area (Å²) in [7, 11) is -3.73. The maximum Gasteiger partial charge on any atom is 0.251 e. The quantitative estimate of drug-likeness (QED) is 0.843. The lowest BCUT2D eigenvalue weighted by Crippen LogP contribution is -2.32. The summed E-state index contributed by atoms with van der Waals surface area (Å²) in [5.41, 5.74) is 0.411. The summed E-state index contributed by atoms with van der Waals surface area (Å²) in [6, 6.07) is 5.57. The van der Waals surface area contributed by atoms with Gasteiger partial charge in [0.05, 0.1) is 11.0 Å². The number of benzene rings is 1. The minimum Gasteiger partial charge on any atom is -0.378 e. The van der Waals surface area contributed by atoms with Gasteiger partial charge < -0.3 is 10.1 Å². The first-order valence-corrected chi connectivity index (χ1v) is 8.49. The lowest BCUT2D eigenvalue weighted by Gasteiger charge is -2.17. The number of nitrogens with one attached hydrogen (secondary N) is 1. The monoisotopic (exact) mass is 312 g/mol. The van der Waals surface area contributed by atoms with Crippen molar-refractivity contribution in [2.45, 2.75) is 30.8 Å². The number of carbonyl (C=O) groups excluding carboxylic acids is 1. The van der Waals surface area contributed by atoms with Gasteiger partial charge in [-0.05, 0) is 37.1 Å². The van der Waals surface area contributed by atoms with Gasteiger partial charge in [-0.1, -0.05) is 6.92 Å². The Morgan fingerprint density at radius 3 is 2.62 bits per heavy atom. The van der Waals surface area contributed by atoms with Crippen LogP contribution in [0.25, 0.3) is 0 Å². The number of primary sulfonamides is 1. The van der Waals surface area contributed by atoms with Crippen molar-refractivity contribution in [3.63, 3.8) is 0 Å². The normalized spacial score (nSPS) is 22.2. The van der Waals surface area contributed by atoms with E-state index >= 15 is 0 Å². The van der Waals surface area contributed by atoms with E-state index in [1.54, 1.807) is 0 Å². The van der Waals surface area contributed by atoms with Gasteiger partial charge in [-0.3, -0.25) is 4.79 Å². The number of hydrogen-bond acceptors (Lipinski definition) is 4. The van der Waals surface area contributed by atoms with Crippen molar-refractivity contribution in [2.75, 3.05) is 13.2 Å². The second-order valence-electron chi connectivity index (χ2n) is 5.15. The predicted molar refractivity (Wildman–Crippen MR) is 78.3 cm³/mol. The van der Waals surface area contributed by atoms with Gasteiger partial charge in [0.1, 0.15) is 0 Å². The van der Waals surface area contributed by atoms with E-state index in [0.29, 0.717) is 18.0 Å². The van der Waals surface area contributed by atoms with Gasteiger partial charge in [0.2, 0.25) is 10.0 Å². The number of rotatable bonds is 5. The van der Waals surface area contributed by atoms with E-state index in [1.165, 1.54) is 24.3 Å². The summed E-state index contributed by atoms with van der Waals surface area (Å²) in [5.74, 6) is 0.111. The molecule has 0 bridgehead atoms. The zero-order valence-electron chi connectivity index (χ0n) is 11.9. The average molecular weight is 312 g/mol. The van der Waals surface area contributed by atoms with Crippen LogP contribution in [0.4, 0.5) is 0 Å². The van der Waals surface area contributed by atoms with Crippen molar-refractivity contribution in [3.05, 3.63) is 29.8 Å². The van der Waals surface area contributed by atoms with E-state index in [9.17, 15) is 13.2 Å². The molecule has 1 aliphatic rings. The third kappa shape index (κ3) is 4.03. The first-order chi connectivity index (χ1) is 9.91. The van der Waals surface area contributed by atoms with Gasteiger partial charge in [0.15, 0.2) is 0 Å². The Bertz CT molecular complexity index is 598. The van der Waals surface area contributed by atoms with Gasteiger partial charge >= 0.3 is 0 Å². The smallest absolute Gasteiger partial charge is 0.251 e. The van der Waals surface area contributed by atoms with Crippen molar-refractivity contribution in [2.24, 2.45) is 11.1 Å². The van der Waals surface area contributed by atoms with Crippen molar-refractivity contribution >= 4 is 15.9 Å². The molecule has 7 heteroatoms. The minimum atomic E-state index is -3.73. The fourth-order valence-corrected chi connectivity index (χ4v) is 3.01. The van der Waals surface area contributed by atoms with Crippen molar-refractivity contribution in [1.29, 1.82) is 0 Å². The van der Waals surface area contributed by atoms with E-state index in [0.717, 1.165) is 19.4 Å². The molecule has 1 saturated heterocycles. The van der Waals surface area contributed by atoms with Gasteiger partial charge in [-0.15, -0.1) is 0 Å². The molecule has 1 amide bonds. The van der Waals surface area contributed by atoms with Crippen LogP contribution in [0.15, 0.2) is 29.2 Å². The average Bonchev–Trinajstić information content (AvgIpc) is 2.91. The largest absolute Gasteiger partial charge is 0.378 e. The highest BCUT2D eigenvalue weighted by Crippen LogP contribution is 2.22. The summed E-state index contributed by atoms with van der Waals surface area (Å²) >= 11 is 0. The van der Waals surface area contributed by atoms with Crippen LogP contribution >= 0.6 is 0 Å². The molecule has 1 aliphatic heterocycles. The molecule has 0 saturated carbocycles. The Morgan fingerprint density at radius 1 is 1.38 bits per heavy atom. The molecule has 0 radical (unpaired) electrons. The Balaban J connectivity index is 1.94. The van der Waals surface area contributed by atoms with Crippen LogP contribution in [0.5, 0.6) is 0 Å². The van der Waals surface area contributed by atoms with Crippen molar-refractivity contribution in [3.8, 4) is 0 Å². The van der Waals surface area contributed by atoms with Crippen LogP contribution in [0, 0.1) is 5.92 Å². The number of ether oxygens (including phenoxy) is 1. The molecule has 6 nitrogen and oxygen atoms in total. The Morgan fingerprint density at radius 2 is 2.05 bits per heavy atom. The standard InChI is InChI=1S/C14H20N2O4S/c1-2-13-11(7-8-20-13)9-16-14(17)10-3-5-12(6-4-10)21(15,18)19/h3-6,11,13H,2,7-9H2,1H3,(H,16,17)(H2,15,18,19). The molecule has 21 heavy (non-hydrogen) atoms. The SMILES string of the molecule is CCC1OCCC1CNC(=O)c1ccc(S(N)(=O)=O)cc1. The van der Waals surface area contributed by atoms with Crippen LogP contribution in [0.1, 0.15) is 30.1 Å². The maximum atomic E-state index is 12.0. The van der Waals surface area contributed by atoms with E-state index in [1.807, 2.05) is 0 Å². The molecule has 116 valence electrons. The van der Waals surface area contributed by atoms with Gasteiger partial charge in [-0.2, -0.15) is 0 Å². The van der Waals surface area contributed by atoms with Gasteiger partial charge in [0.25, 0.3) is 5.91 Å². The highest BCUT2D eigenvalue weighted by molar-refractivity contribution is 7.89. The molecule has 1 aromatic rings. The second kappa shape index (κ2) is 6.55. The Hall–Kier alpha value is -1.44. The fourth-order valence-electron chi connectivity index (χ4n) is 2.50. The molecule has 2 atom stereocenters. The van der Waals surface area contributed by atoms with Crippen LogP contribution in [0.3, 0.4) is 0 Å². The van der Waals surface area contributed by atoms with Crippen LogP contribution in [0.2, 0.25) is 0 Å². The molecule has 0 aliphatic carbocycles. The zero-order chi connectivity index (χ0) is 15.5. The third-order valence-corrected chi connectivity index (χ3v) is 4.65. The topological polar surface area (TPSA) is 98.5 Å². The van der Waals surface area contributed by atoms with E-state index in [2.05, 4.69) is 12.2 Å². The molecule has 1 aromatic carbocycles. The second-order valence-corrected chi connectivity index (χ2v) is 6.71. The summed E-state index contributed by atoms with van der Waals surface area (Å²) in [4.78, 5) is 12.0. The predicted octanol–water partition coefficient (Wildman–Crippen LogP) is 0.879. The third-order valence-electron chi connectivity index (χ3n) is 3.72. The lowest BCUT2D eigenvalue weighted by atomic mass is 9.99. The van der Waals surface area contributed by atoms with E-state index < -0.39 is 10.0 Å². The lowest BCUT2D eigenvalue weighted by molar-refractivity contribution is 0.0827. The van der Waals surface area contributed by atoms with E-state index in [4.69, 9.17) is 9.88 Å². The molecular formula is C14H20N2O4S. The van der Waals surface area contributed by atoms with Crippen LogP contribution < -0.4 is 10.5 Å². The Kier molecular flexibility index (Phi) is 4.97. The zero-order valence-corrected chi connectivity index (χ0v) is 12.7. The Labute approximate surface area is 124 Å². The number of amides is 1. The fraction of sp³-hybridized carbons (Fsp3) is 0.500. The van der Waals surface area contributed by atoms with Crippen LogP contribution in [-0.2, 0) is 14.8 Å². The van der Waals surface area contributed by atoms with Crippen LogP contribution in [-0.4, -0.2) is 33.6 Å². The molecule has 3 N–H and O–H groups in total. The van der Waals surface area contributed by atoms with Crippen molar-refractivity contribution < 1.29 is 17.9 Å². The minimum absolute atomic E-state index is 0.00529. The number of carbonyl (C=O) groups is 1. The molecule has 0 aromatic heterocycles. The van der Waals surface area contributed by atoms with Gasteiger partial charge in [0, 0.05) is 24.6 Å². The number of hydrogen-bond donors (Lipinski definition) is 2. The summed E-state index contributed by atoms with van der Waals surface area (Å²) in [6.07, 6.45) is 2.09. The number of sulfonamides is 1. The van der Waals surface area contributed by atoms with E-state index in [-0.39, 0.29) is 16.9 Å². The number of nitrogens with two attached hydrogens (primary N) is 1.